The maximum atomic E-state index is 12.9. The van der Waals surface area contributed by atoms with E-state index < -0.39 is 33.8 Å². The molecular weight excluding hydrogens is 514 g/mol. The number of anilines is 2. The average Bonchev–Trinajstić information content (AvgIpc) is 2.85. The predicted octanol–water partition coefficient (Wildman–Crippen LogP) is 3.50. The third kappa shape index (κ3) is 6.16. The molecule has 1 unspecified atom stereocenters. The van der Waals surface area contributed by atoms with E-state index >= 15 is 0 Å². The number of nitrogens with one attached hydrogen (secondary N) is 2. The van der Waals surface area contributed by atoms with Crippen LogP contribution in [0.15, 0.2) is 52.3 Å². The van der Waals surface area contributed by atoms with Gasteiger partial charge in [-0.1, -0.05) is 30.2 Å². The van der Waals surface area contributed by atoms with Crippen molar-refractivity contribution in [2.75, 3.05) is 30.3 Å². The number of halogens is 1. The summed E-state index contributed by atoms with van der Waals surface area (Å²) < 4.78 is 32.3. The quantitative estimate of drug-likeness (QED) is 0.518. The van der Waals surface area contributed by atoms with E-state index in [1.807, 2.05) is 12.1 Å². The van der Waals surface area contributed by atoms with E-state index in [1.165, 1.54) is 34.3 Å². The molecule has 1 fully saturated rings. The van der Waals surface area contributed by atoms with Gasteiger partial charge in [0.15, 0.2) is 6.61 Å². The van der Waals surface area contributed by atoms with E-state index in [9.17, 15) is 22.8 Å². The first-order valence-corrected chi connectivity index (χ1v) is 13.8. The van der Waals surface area contributed by atoms with E-state index in [1.54, 1.807) is 12.1 Å². The van der Waals surface area contributed by atoms with Gasteiger partial charge in [-0.3, -0.25) is 14.4 Å². The van der Waals surface area contributed by atoms with Gasteiger partial charge >= 0.3 is 5.97 Å². The van der Waals surface area contributed by atoms with Crippen LogP contribution in [-0.4, -0.2) is 55.5 Å². The summed E-state index contributed by atoms with van der Waals surface area (Å²) in [4.78, 5) is 37.7. The van der Waals surface area contributed by atoms with Gasteiger partial charge in [-0.05, 0) is 43.2 Å². The van der Waals surface area contributed by atoms with Gasteiger partial charge in [0, 0.05) is 18.0 Å². The summed E-state index contributed by atoms with van der Waals surface area (Å²) in [6, 6.07) is 11.3. The lowest BCUT2D eigenvalue weighted by atomic mass is 10.2. The first-order chi connectivity index (χ1) is 16.7. The zero-order valence-electron chi connectivity index (χ0n) is 18.7. The van der Waals surface area contributed by atoms with E-state index in [0.717, 1.165) is 24.2 Å². The van der Waals surface area contributed by atoms with Crippen molar-refractivity contribution in [3.63, 3.8) is 0 Å². The number of carbonyl (C=O) groups is 3. The number of hydrogen-bond donors (Lipinski definition) is 2. The molecule has 9 nitrogen and oxygen atoms in total. The van der Waals surface area contributed by atoms with Crippen molar-refractivity contribution in [1.82, 2.24) is 4.31 Å². The number of piperidine rings is 1. The van der Waals surface area contributed by atoms with Crippen LogP contribution in [-0.2, 0) is 29.1 Å². The molecule has 2 aliphatic rings. The lowest BCUT2D eigenvalue weighted by Gasteiger charge is -2.26. The van der Waals surface area contributed by atoms with Crippen LogP contribution in [0.5, 0.6) is 0 Å². The minimum absolute atomic E-state index is 0.0247. The topological polar surface area (TPSA) is 122 Å². The van der Waals surface area contributed by atoms with Crippen LogP contribution in [0.1, 0.15) is 25.7 Å². The van der Waals surface area contributed by atoms with Crippen molar-refractivity contribution in [2.24, 2.45) is 0 Å². The normalized spacial score (nSPS) is 18.3. The summed E-state index contributed by atoms with van der Waals surface area (Å²) in [6.07, 6.45) is 2.39. The fourth-order valence-electron chi connectivity index (χ4n) is 3.78. The fourth-order valence-corrected chi connectivity index (χ4v) is 6.59. The summed E-state index contributed by atoms with van der Waals surface area (Å²) in [5, 5.41) is 4.71. The molecule has 0 aliphatic carbocycles. The molecule has 2 aromatic rings. The lowest BCUT2D eigenvalue weighted by molar-refractivity contribution is -0.147. The molecule has 0 radical (unpaired) electrons. The number of carbonyl (C=O) groups excluding carboxylic acids is 3. The van der Waals surface area contributed by atoms with Gasteiger partial charge in [0.2, 0.25) is 15.9 Å². The zero-order chi connectivity index (χ0) is 25.0. The number of fused-ring (bicyclic) bond motifs is 1. The van der Waals surface area contributed by atoms with Gasteiger partial charge in [-0.25, -0.2) is 8.42 Å². The van der Waals surface area contributed by atoms with E-state index in [4.69, 9.17) is 16.3 Å². The third-order valence-electron chi connectivity index (χ3n) is 5.59. The number of thioether (sulfide) groups is 1. The molecule has 0 aromatic heterocycles. The summed E-state index contributed by atoms with van der Waals surface area (Å²) >= 11 is 7.40. The molecule has 2 aromatic carbocycles. The SMILES string of the molecule is O=C(COC(=O)CC1Sc2ccccc2NC1=O)Nc1cc(S(=O)(=O)N2CCCCC2)ccc1Cl. The van der Waals surface area contributed by atoms with Crippen LogP contribution in [0.4, 0.5) is 11.4 Å². The van der Waals surface area contributed by atoms with Gasteiger partial charge in [-0.15, -0.1) is 11.8 Å². The summed E-state index contributed by atoms with van der Waals surface area (Å²) in [5.41, 5.74) is 0.789. The molecule has 12 heteroatoms. The number of esters is 1. The van der Waals surface area contributed by atoms with Gasteiger partial charge < -0.3 is 15.4 Å². The number of benzene rings is 2. The minimum Gasteiger partial charge on any atom is -0.456 e. The van der Waals surface area contributed by atoms with Crippen molar-refractivity contribution in [2.45, 2.75) is 40.7 Å². The molecule has 0 saturated carbocycles. The first kappa shape index (κ1) is 25.5. The molecule has 2 amide bonds. The molecule has 0 bridgehead atoms. The molecule has 1 atom stereocenters. The Morgan fingerprint density at radius 1 is 1.14 bits per heavy atom. The number of rotatable bonds is 7. The summed E-state index contributed by atoms with van der Waals surface area (Å²) in [7, 11) is -3.71. The highest BCUT2D eigenvalue weighted by atomic mass is 35.5. The smallest absolute Gasteiger partial charge is 0.307 e. The number of sulfonamides is 1. The number of amides is 2. The molecule has 2 aliphatic heterocycles. The number of hydrogen-bond acceptors (Lipinski definition) is 7. The average molecular weight is 538 g/mol. The van der Waals surface area contributed by atoms with E-state index in [2.05, 4.69) is 10.6 Å². The van der Waals surface area contributed by atoms with Crippen molar-refractivity contribution in [1.29, 1.82) is 0 Å². The third-order valence-corrected chi connectivity index (χ3v) is 9.09. The Hall–Kier alpha value is -2.60. The standard InChI is InChI=1S/C23H24ClN3O6S2/c24-16-9-8-15(35(31,32)27-10-4-1-5-11-27)12-18(16)25-21(28)14-33-22(29)13-20-23(30)26-17-6-2-3-7-19(17)34-20/h2-3,6-9,12,20H,1,4-5,10-11,13-14H2,(H,25,28)(H,26,30). The Kier molecular flexibility index (Phi) is 8.00. The Balaban J connectivity index is 1.33. The van der Waals surface area contributed by atoms with Gasteiger partial charge in [0.1, 0.15) is 0 Å². The maximum absolute atomic E-state index is 12.9. The number of para-hydroxylation sites is 1. The summed E-state index contributed by atoms with van der Waals surface area (Å²) in [5.74, 6) is -1.70. The van der Waals surface area contributed by atoms with Gasteiger partial charge in [0.25, 0.3) is 5.91 Å². The molecule has 186 valence electrons. The predicted molar refractivity (Wildman–Crippen MR) is 133 cm³/mol. The van der Waals surface area contributed by atoms with Crippen LogP contribution < -0.4 is 10.6 Å². The van der Waals surface area contributed by atoms with Crippen molar-refractivity contribution in [3.8, 4) is 0 Å². The zero-order valence-corrected chi connectivity index (χ0v) is 21.0. The maximum Gasteiger partial charge on any atom is 0.307 e. The van der Waals surface area contributed by atoms with Crippen molar-refractivity contribution >= 4 is 62.5 Å². The van der Waals surface area contributed by atoms with Crippen molar-refractivity contribution < 1.29 is 27.5 Å². The Morgan fingerprint density at radius 3 is 2.66 bits per heavy atom. The van der Waals surface area contributed by atoms with Crippen LogP contribution in [0.25, 0.3) is 0 Å². The van der Waals surface area contributed by atoms with Crippen LogP contribution in [0.3, 0.4) is 0 Å². The monoisotopic (exact) mass is 537 g/mol. The Bertz CT molecular complexity index is 1250. The van der Waals surface area contributed by atoms with Crippen LogP contribution in [0.2, 0.25) is 5.02 Å². The number of ether oxygens (including phenoxy) is 1. The lowest BCUT2D eigenvalue weighted by Crippen LogP contribution is -2.35. The van der Waals surface area contributed by atoms with E-state index in [0.29, 0.717) is 18.8 Å². The molecule has 35 heavy (non-hydrogen) atoms. The Morgan fingerprint density at radius 2 is 1.89 bits per heavy atom. The molecule has 0 spiro atoms. The highest BCUT2D eigenvalue weighted by molar-refractivity contribution is 8.01. The Labute approximate surface area is 212 Å². The molecule has 2 N–H and O–H groups in total. The van der Waals surface area contributed by atoms with E-state index in [-0.39, 0.29) is 27.9 Å². The molecule has 2 heterocycles. The fraction of sp³-hybridized carbons (Fsp3) is 0.348. The first-order valence-electron chi connectivity index (χ1n) is 11.1. The molecule has 1 saturated heterocycles. The van der Waals surface area contributed by atoms with Crippen LogP contribution in [0, 0.1) is 0 Å². The second-order valence-corrected chi connectivity index (χ2v) is 11.7. The van der Waals surface area contributed by atoms with Gasteiger partial charge in [-0.2, -0.15) is 4.31 Å². The molecule has 4 rings (SSSR count). The second kappa shape index (κ2) is 11.0. The van der Waals surface area contributed by atoms with Gasteiger partial charge in [0.05, 0.1) is 33.0 Å². The van der Waals surface area contributed by atoms with Crippen LogP contribution >= 0.6 is 23.4 Å². The largest absolute Gasteiger partial charge is 0.456 e. The highest BCUT2D eigenvalue weighted by Gasteiger charge is 2.30. The summed E-state index contributed by atoms with van der Waals surface area (Å²) in [6.45, 7) is 0.296. The molecular formula is C23H24ClN3O6S2. The number of nitrogens with zero attached hydrogens (tertiary/aromatic N) is 1. The van der Waals surface area contributed by atoms with Crippen molar-refractivity contribution in [3.05, 3.63) is 47.5 Å². The minimum atomic E-state index is -3.71. The second-order valence-electron chi connectivity index (χ2n) is 8.11. The highest BCUT2D eigenvalue weighted by Crippen LogP contribution is 2.36.